The predicted octanol–water partition coefficient (Wildman–Crippen LogP) is 0.277. The molecule has 1 fully saturated rings. The number of carbonyl (C=O) groups excluding carboxylic acids is 2. The minimum absolute atomic E-state index is 0.000995. The molecule has 0 bridgehead atoms. The molecule has 2 heterocycles. The summed E-state index contributed by atoms with van der Waals surface area (Å²) in [6.07, 6.45) is -4.68. The van der Waals surface area contributed by atoms with Crippen molar-refractivity contribution in [1.82, 2.24) is 9.78 Å². The van der Waals surface area contributed by atoms with Crippen LogP contribution in [0.3, 0.4) is 0 Å². The van der Waals surface area contributed by atoms with E-state index in [1.54, 1.807) is 0 Å². The van der Waals surface area contributed by atoms with E-state index in [-0.39, 0.29) is 18.8 Å². The molecule has 1 aliphatic heterocycles. The lowest BCUT2D eigenvalue weighted by Gasteiger charge is -2.15. The number of hydrogen-bond acceptors (Lipinski definition) is 3. The Hall–Kier alpha value is -2.06. The number of halogens is 3. The Kier molecular flexibility index (Phi) is 2.99. The molecule has 1 unspecified atom stereocenters. The maximum atomic E-state index is 12.5. The number of hydrogen-bond donors (Lipinski definition) is 1. The van der Waals surface area contributed by atoms with Gasteiger partial charge in [0, 0.05) is 26.1 Å². The van der Waals surface area contributed by atoms with Crippen LogP contribution < -0.4 is 10.6 Å². The van der Waals surface area contributed by atoms with E-state index in [1.807, 2.05) is 0 Å². The standard InChI is InChI=1S/C10H11F3N4O2/c1-16-7(3-6(15-16)10(11,12)13)17-4-5(9(14)19)2-8(17)18/h3,5H,2,4H2,1H3,(H2,14,19). The number of nitrogens with two attached hydrogens (primary N) is 1. The quantitative estimate of drug-likeness (QED) is 0.842. The Morgan fingerprint density at radius 2 is 2.16 bits per heavy atom. The summed E-state index contributed by atoms with van der Waals surface area (Å²) in [6.45, 7) is -0.0228. The fraction of sp³-hybridized carbons (Fsp3) is 0.500. The fourth-order valence-corrected chi connectivity index (χ4v) is 1.97. The second-order valence-electron chi connectivity index (χ2n) is 4.32. The molecule has 0 spiro atoms. The number of anilines is 1. The normalized spacial score (nSPS) is 20.1. The molecule has 0 radical (unpaired) electrons. The summed E-state index contributed by atoms with van der Waals surface area (Å²) in [4.78, 5) is 23.8. The molecule has 2 rings (SSSR count). The molecule has 1 aliphatic rings. The SMILES string of the molecule is Cn1nc(C(F)(F)F)cc1N1CC(C(N)=O)CC1=O. The lowest BCUT2D eigenvalue weighted by Crippen LogP contribution is -2.29. The van der Waals surface area contributed by atoms with Gasteiger partial charge in [0.25, 0.3) is 0 Å². The highest BCUT2D eigenvalue weighted by molar-refractivity contribution is 5.99. The Balaban J connectivity index is 2.31. The smallest absolute Gasteiger partial charge is 0.369 e. The van der Waals surface area contributed by atoms with Gasteiger partial charge in [0.15, 0.2) is 5.69 Å². The molecule has 2 amide bonds. The van der Waals surface area contributed by atoms with Crippen LogP contribution in [0, 0.1) is 5.92 Å². The topological polar surface area (TPSA) is 81.2 Å². The number of carbonyl (C=O) groups is 2. The van der Waals surface area contributed by atoms with E-state index in [4.69, 9.17) is 5.73 Å². The van der Waals surface area contributed by atoms with E-state index < -0.39 is 29.6 Å². The monoisotopic (exact) mass is 276 g/mol. The van der Waals surface area contributed by atoms with E-state index >= 15 is 0 Å². The van der Waals surface area contributed by atoms with Crippen LogP contribution in [0.2, 0.25) is 0 Å². The third-order valence-corrected chi connectivity index (χ3v) is 2.95. The van der Waals surface area contributed by atoms with Crippen LogP contribution in [0.4, 0.5) is 19.0 Å². The number of nitrogens with zero attached hydrogens (tertiary/aromatic N) is 3. The zero-order chi connectivity index (χ0) is 14.4. The van der Waals surface area contributed by atoms with Crippen LogP contribution in [0.1, 0.15) is 12.1 Å². The van der Waals surface area contributed by atoms with Gasteiger partial charge in [0.2, 0.25) is 11.8 Å². The maximum Gasteiger partial charge on any atom is 0.435 e. The number of aryl methyl sites for hydroxylation is 1. The average molecular weight is 276 g/mol. The molecule has 0 aliphatic carbocycles. The van der Waals surface area contributed by atoms with Gasteiger partial charge in [-0.25, -0.2) is 0 Å². The van der Waals surface area contributed by atoms with Gasteiger partial charge in [-0.05, 0) is 0 Å². The lowest BCUT2D eigenvalue weighted by molar-refractivity contribution is -0.141. The summed E-state index contributed by atoms with van der Waals surface area (Å²) in [5, 5.41) is 3.31. The Bertz CT molecular complexity index is 537. The van der Waals surface area contributed by atoms with E-state index in [0.29, 0.717) is 0 Å². The van der Waals surface area contributed by atoms with Gasteiger partial charge in [-0.3, -0.25) is 19.2 Å². The van der Waals surface area contributed by atoms with Crippen LogP contribution in [0.15, 0.2) is 6.07 Å². The van der Waals surface area contributed by atoms with Crippen molar-refractivity contribution in [2.24, 2.45) is 18.7 Å². The number of primary amides is 1. The molecule has 1 aromatic rings. The number of rotatable bonds is 2. The van der Waals surface area contributed by atoms with E-state index in [1.165, 1.54) is 7.05 Å². The fourth-order valence-electron chi connectivity index (χ4n) is 1.97. The highest BCUT2D eigenvalue weighted by Crippen LogP contribution is 2.32. The van der Waals surface area contributed by atoms with Gasteiger partial charge < -0.3 is 5.73 Å². The molecule has 1 aromatic heterocycles. The van der Waals surface area contributed by atoms with Crippen molar-refractivity contribution >= 4 is 17.6 Å². The van der Waals surface area contributed by atoms with Crippen LogP contribution in [0.25, 0.3) is 0 Å². The van der Waals surface area contributed by atoms with Crippen LogP contribution >= 0.6 is 0 Å². The molecule has 1 atom stereocenters. The zero-order valence-corrected chi connectivity index (χ0v) is 9.94. The minimum Gasteiger partial charge on any atom is -0.369 e. The molecule has 6 nitrogen and oxygen atoms in total. The van der Waals surface area contributed by atoms with Gasteiger partial charge in [-0.2, -0.15) is 18.3 Å². The van der Waals surface area contributed by atoms with Crippen molar-refractivity contribution in [3.8, 4) is 0 Å². The summed E-state index contributed by atoms with van der Waals surface area (Å²) < 4.78 is 38.5. The molecule has 0 aromatic carbocycles. The molecule has 19 heavy (non-hydrogen) atoms. The molecular weight excluding hydrogens is 265 g/mol. The van der Waals surface area contributed by atoms with Gasteiger partial charge in [0.1, 0.15) is 5.82 Å². The third-order valence-electron chi connectivity index (χ3n) is 2.95. The van der Waals surface area contributed by atoms with Gasteiger partial charge in [0.05, 0.1) is 5.92 Å². The average Bonchev–Trinajstić information content (AvgIpc) is 2.81. The number of amides is 2. The van der Waals surface area contributed by atoms with Crippen LogP contribution in [-0.2, 0) is 22.8 Å². The van der Waals surface area contributed by atoms with Crippen molar-refractivity contribution in [2.75, 3.05) is 11.4 Å². The summed E-state index contributed by atoms with van der Waals surface area (Å²) in [7, 11) is 1.30. The molecular formula is C10H11F3N4O2. The number of alkyl halides is 3. The van der Waals surface area contributed by atoms with Crippen molar-refractivity contribution in [2.45, 2.75) is 12.6 Å². The van der Waals surface area contributed by atoms with Gasteiger partial charge in [-0.1, -0.05) is 0 Å². The first kappa shape index (κ1) is 13.4. The first-order chi connectivity index (χ1) is 8.70. The highest BCUT2D eigenvalue weighted by Gasteiger charge is 2.39. The van der Waals surface area contributed by atoms with Crippen molar-refractivity contribution in [1.29, 1.82) is 0 Å². The lowest BCUT2D eigenvalue weighted by atomic mass is 10.1. The van der Waals surface area contributed by atoms with Crippen LogP contribution in [-0.4, -0.2) is 28.1 Å². The highest BCUT2D eigenvalue weighted by atomic mass is 19.4. The molecule has 104 valence electrons. The summed E-state index contributed by atoms with van der Waals surface area (Å²) in [5.41, 5.74) is 4.01. The van der Waals surface area contributed by atoms with E-state index in [2.05, 4.69) is 5.10 Å². The Morgan fingerprint density at radius 3 is 2.58 bits per heavy atom. The largest absolute Gasteiger partial charge is 0.435 e. The Labute approximate surface area is 106 Å². The molecule has 0 saturated carbocycles. The molecule has 9 heteroatoms. The molecule has 1 saturated heterocycles. The van der Waals surface area contributed by atoms with Crippen molar-refractivity contribution in [3.05, 3.63) is 11.8 Å². The summed E-state index contributed by atoms with van der Waals surface area (Å²) in [6, 6.07) is 0.779. The van der Waals surface area contributed by atoms with Crippen LogP contribution in [0.5, 0.6) is 0 Å². The van der Waals surface area contributed by atoms with E-state index in [9.17, 15) is 22.8 Å². The van der Waals surface area contributed by atoms with Gasteiger partial charge in [-0.15, -0.1) is 0 Å². The Morgan fingerprint density at radius 1 is 1.53 bits per heavy atom. The second kappa shape index (κ2) is 4.25. The first-order valence-corrected chi connectivity index (χ1v) is 5.41. The summed E-state index contributed by atoms with van der Waals surface area (Å²) >= 11 is 0. The zero-order valence-electron chi connectivity index (χ0n) is 9.94. The number of aromatic nitrogens is 2. The van der Waals surface area contributed by atoms with Crippen molar-refractivity contribution < 1.29 is 22.8 Å². The third kappa shape index (κ3) is 2.40. The predicted molar refractivity (Wildman–Crippen MR) is 57.9 cm³/mol. The first-order valence-electron chi connectivity index (χ1n) is 5.41. The molecule has 2 N–H and O–H groups in total. The van der Waals surface area contributed by atoms with Crippen molar-refractivity contribution in [3.63, 3.8) is 0 Å². The van der Waals surface area contributed by atoms with E-state index in [0.717, 1.165) is 15.6 Å². The summed E-state index contributed by atoms with van der Waals surface area (Å²) in [5.74, 6) is -1.77. The second-order valence-corrected chi connectivity index (χ2v) is 4.32. The maximum absolute atomic E-state index is 12.5. The minimum atomic E-state index is -4.58. The van der Waals surface area contributed by atoms with Gasteiger partial charge >= 0.3 is 6.18 Å².